The maximum atomic E-state index is 15.5. The lowest BCUT2D eigenvalue weighted by atomic mass is 9.95. The number of halogens is 3. The van der Waals surface area contributed by atoms with Gasteiger partial charge in [0, 0.05) is 5.56 Å². The van der Waals surface area contributed by atoms with Gasteiger partial charge in [0.1, 0.15) is 11.9 Å². The molecule has 11 heteroatoms. The fourth-order valence-corrected chi connectivity index (χ4v) is 5.26. The van der Waals surface area contributed by atoms with Crippen molar-refractivity contribution in [3.63, 3.8) is 0 Å². The van der Waals surface area contributed by atoms with Gasteiger partial charge in [0.2, 0.25) is 10.0 Å². The number of β-amino-alcohol motifs (C(OH)–C–C–N with tert-alkyl or cyclic N) is 1. The van der Waals surface area contributed by atoms with E-state index in [-0.39, 0.29) is 30.6 Å². The molecule has 0 aliphatic carbocycles. The van der Waals surface area contributed by atoms with E-state index in [9.17, 15) is 18.3 Å². The van der Waals surface area contributed by atoms with E-state index in [4.69, 9.17) is 0 Å². The molecule has 2 aromatic rings. The predicted molar refractivity (Wildman–Crippen MR) is 120 cm³/mol. The van der Waals surface area contributed by atoms with Gasteiger partial charge in [-0.15, -0.1) is 0 Å². The molecule has 2 saturated heterocycles. The highest BCUT2D eigenvalue weighted by molar-refractivity contribution is 7.89. The summed E-state index contributed by atoms with van der Waals surface area (Å²) in [5.41, 5.74) is 0.966. The molecule has 2 aromatic carbocycles. The molecule has 0 saturated carbocycles. The van der Waals surface area contributed by atoms with Gasteiger partial charge in [-0.1, -0.05) is 48.5 Å². The zero-order chi connectivity index (χ0) is 24.7. The van der Waals surface area contributed by atoms with Gasteiger partial charge < -0.3 is 14.9 Å². The lowest BCUT2D eigenvalue weighted by molar-refractivity contribution is -0.00978. The fraction of sp³-hybridized carbons (Fsp3) is 0.435. The molecule has 0 spiro atoms. The van der Waals surface area contributed by atoms with Gasteiger partial charge in [-0.25, -0.2) is 31.1 Å². The van der Waals surface area contributed by atoms with Gasteiger partial charge in [-0.05, 0) is 24.5 Å². The van der Waals surface area contributed by atoms with E-state index in [0.29, 0.717) is 5.56 Å². The lowest BCUT2D eigenvalue weighted by Gasteiger charge is -2.40. The van der Waals surface area contributed by atoms with E-state index in [0.717, 1.165) is 4.90 Å². The SMILES string of the molecule is CCS(=O)(=O)N[C@@H]1[C@H](Cc2cccc(-c3ccccc3)c2F)N(C(=O)N2CC(O)C2)CC1(F)F. The van der Waals surface area contributed by atoms with Crippen LogP contribution in [0.25, 0.3) is 11.1 Å². The van der Waals surface area contributed by atoms with E-state index >= 15 is 13.2 Å². The Labute approximate surface area is 196 Å². The van der Waals surface area contributed by atoms with Crippen LogP contribution in [0.1, 0.15) is 12.5 Å². The minimum Gasteiger partial charge on any atom is -0.389 e. The molecule has 2 aliphatic heterocycles. The number of carbonyl (C=O) groups is 1. The summed E-state index contributed by atoms with van der Waals surface area (Å²) in [6.07, 6.45) is -1.05. The first kappa shape index (κ1) is 24.5. The van der Waals surface area contributed by atoms with Crippen molar-refractivity contribution in [1.29, 1.82) is 0 Å². The van der Waals surface area contributed by atoms with Crippen molar-refractivity contribution in [2.45, 2.75) is 37.5 Å². The number of benzene rings is 2. The Bertz CT molecular complexity index is 1160. The second kappa shape index (κ2) is 9.20. The Hall–Kier alpha value is -2.63. The number of sulfonamides is 1. The number of urea groups is 1. The van der Waals surface area contributed by atoms with Crippen LogP contribution in [-0.4, -0.2) is 78.9 Å². The molecule has 0 bridgehead atoms. The van der Waals surface area contributed by atoms with E-state index in [1.54, 1.807) is 42.5 Å². The maximum Gasteiger partial charge on any atom is 0.320 e. The van der Waals surface area contributed by atoms with Crippen LogP contribution < -0.4 is 4.72 Å². The Morgan fingerprint density at radius 3 is 2.44 bits per heavy atom. The van der Waals surface area contributed by atoms with Crippen LogP contribution in [0.5, 0.6) is 0 Å². The third-order valence-corrected chi connectivity index (χ3v) is 7.65. The highest BCUT2D eigenvalue weighted by Crippen LogP contribution is 2.37. The van der Waals surface area contributed by atoms with Crippen molar-refractivity contribution >= 4 is 16.1 Å². The van der Waals surface area contributed by atoms with Crippen molar-refractivity contribution in [3.8, 4) is 11.1 Å². The van der Waals surface area contributed by atoms with Crippen LogP contribution >= 0.6 is 0 Å². The van der Waals surface area contributed by atoms with Crippen LogP contribution in [0.2, 0.25) is 0 Å². The molecule has 34 heavy (non-hydrogen) atoms. The number of carbonyl (C=O) groups excluding carboxylic acids is 1. The van der Waals surface area contributed by atoms with E-state index in [1.165, 1.54) is 17.9 Å². The van der Waals surface area contributed by atoms with E-state index in [1.807, 2.05) is 4.72 Å². The monoisotopic (exact) mass is 497 g/mol. The van der Waals surface area contributed by atoms with Crippen LogP contribution in [0, 0.1) is 5.82 Å². The summed E-state index contributed by atoms with van der Waals surface area (Å²) in [4.78, 5) is 15.1. The van der Waals surface area contributed by atoms with Crippen LogP contribution in [0.15, 0.2) is 48.5 Å². The molecular formula is C23H26F3N3O4S. The summed E-state index contributed by atoms with van der Waals surface area (Å²) in [5.74, 6) is -4.61. The first-order chi connectivity index (χ1) is 16.0. The summed E-state index contributed by atoms with van der Waals surface area (Å²) in [7, 11) is -4.05. The molecule has 2 atom stereocenters. The third kappa shape index (κ3) is 4.77. The maximum absolute atomic E-state index is 15.5. The second-order valence-corrected chi connectivity index (χ2v) is 10.7. The summed E-state index contributed by atoms with van der Waals surface area (Å²) in [6, 6.07) is 9.32. The average Bonchev–Trinajstić information content (AvgIpc) is 3.02. The van der Waals surface area contributed by atoms with Crippen LogP contribution in [-0.2, 0) is 16.4 Å². The number of rotatable bonds is 6. The van der Waals surface area contributed by atoms with Crippen molar-refractivity contribution in [2.24, 2.45) is 0 Å². The standard InChI is InChI=1S/C23H26F3N3O4S/c1-2-34(32,33)27-21-19(29(14-23(21,25)26)22(31)28-12-17(30)13-28)11-16-9-6-10-18(20(16)24)15-7-4-3-5-8-15/h3-10,17,19,21,27,30H,2,11-14H2,1H3/t19-,21+/m0/s1. The van der Waals surface area contributed by atoms with E-state index in [2.05, 4.69) is 0 Å². The Balaban J connectivity index is 1.70. The normalized spacial score (nSPS) is 22.6. The Morgan fingerprint density at radius 2 is 1.82 bits per heavy atom. The molecule has 2 heterocycles. The first-order valence-corrected chi connectivity index (χ1v) is 12.6. The molecule has 2 aliphatic rings. The molecule has 0 aromatic heterocycles. The average molecular weight is 498 g/mol. The smallest absolute Gasteiger partial charge is 0.320 e. The number of aliphatic hydroxyl groups is 1. The third-order valence-electron chi connectivity index (χ3n) is 6.28. The number of nitrogens with one attached hydrogen (secondary N) is 1. The molecule has 0 radical (unpaired) electrons. The molecule has 2 fully saturated rings. The number of aliphatic hydroxyl groups excluding tert-OH is 1. The minimum absolute atomic E-state index is 0.00314. The van der Waals surface area contributed by atoms with Crippen molar-refractivity contribution < 1.29 is 31.5 Å². The highest BCUT2D eigenvalue weighted by atomic mass is 32.2. The summed E-state index contributed by atoms with van der Waals surface area (Å²) >= 11 is 0. The Kier molecular flexibility index (Phi) is 6.63. The lowest BCUT2D eigenvalue weighted by Crippen LogP contribution is -2.59. The fourth-order valence-electron chi connectivity index (χ4n) is 4.38. The van der Waals surface area contributed by atoms with Gasteiger partial charge in [0.05, 0.1) is 37.5 Å². The van der Waals surface area contributed by atoms with Gasteiger partial charge in [0.25, 0.3) is 5.92 Å². The minimum atomic E-state index is -4.05. The largest absolute Gasteiger partial charge is 0.389 e. The molecule has 7 nitrogen and oxygen atoms in total. The zero-order valence-electron chi connectivity index (χ0n) is 18.5. The number of likely N-dealkylation sites (tertiary alicyclic amines) is 2. The highest BCUT2D eigenvalue weighted by Gasteiger charge is 2.58. The predicted octanol–water partition coefficient (Wildman–Crippen LogP) is 2.46. The first-order valence-electron chi connectivity index (χ1n) is 11.0. The van der Waals surface area contributed by atoms with Gasteiger partial charge >= 0.3 is 6.03 Å². The van der Waals surface area contributed by atoms with Crippen LogP contribution in [0.3, 0.4) is 0 Å². The molecular weight excluding hydrogens is 471 g/mol. The van der Waals surface area contributed by atoms with Gasteiger partial charge in [-0.3, -0.25) is 0 Å². The second-order valence-electron chi connectivity index (χ2n) is 8.65. The topological polar surface area (TPSA) is 90.0 Å². The van der Waals surface area contributed by atoms with Gasteiger partial charge in [0.15, 0.2) is 0 Å². The van der Waals surface area contributed by atoms with Gasteiger partial charge in [-0.2, -0.15) is 0 Å². The zero-order valence-corrected chi connectivity index (χ0v) is 19.3. The Morgan fingerprint density at radius 1 is 1.15 bits per heavy atom. The van der Waals surface area contributed by atoms with Crippen molar-refractivity contribution in [2.75, 3.05) is 25.4 Å². The molecule has 0 unspecified atom stereocenters. The summed E-state index contributed by atoms with van der Waals surface area (Å²) < 4.78 is 72.0. The number of amides is 2. The number of nitrogens with zero attached hydrogens (tertiary/aromatic N) is 2. The summed E-state index contributed by atoms with van der Waals surface area (Å²) in [6.45, 7) is 0.297. The number of hydrogen-bond acceptors (Lipinski definition) is 4. The van der Waals surface area contributed by atoms with Crippen molar-refractivity contribution in [3.05, 3.63) is 59.9 Å². The molecule has 4 rings (SSSR count). The van der Waals surface area contributed by atoms with E-state index < -0.39 is 58.3 Å². The summed E-state index contributed by atoms with van der Waals surface area (Å²) in [5, 5.41) is 9.52. The number of alkyl halides is 2. The van der Waals surface area contributed by atoms with Crippen molar-refractivity contribution in [1.82, 2.24) is 14.5 Å². The van der Waals surface area contributed by atoms with Crippen LogP contribution in [0.4, 0.5) is 18.0 Å². The molecule has 184 valence electrons. The molecule has 2 amide bonds. The quantitative estimate of drug-likeness (QED) is 0.642. The molecule has 2 N–H and O–H groups in total. The number of hydrogen-bond donors (Lipinski definition) is 2.